The third kappa shape index (κ3) is 3.21. The highest BCUT2D eigenvalue weighted by Crippen LogP contribution is 2.36. The van der Waals surface area contributed by atoms with Crippen LogP contribution >= 0.6 is 0 Å². The van der Waals surface area contributed by atoms with E-state index in [1.54, 1.807) is 12.1 Å². The van der Waals surface area contributed by atoms with E-state index in [-0.39, 0.29) is 17.7 Å². The van der Waals surface area contributed by atoms with Crippen molar-refractivity contribution < 1.29 is 18.3 Å². The second kappa shape index (κ2) is 6.13. The number of fused-ring (bicyclic) bond motifs is 1. The van der Waals surface area contributed by atoms with Gasteiger partial charge in [0, 0.05) is 6.54 Å². The molecule has 7 heteroatoms. The van der Waals surface area contributed by atoms with E-state index >= 15 is 0 Å². The van der Waals surface area contributed by atoms with E-state index in [4.69, 9.17) is 0 Å². The molecule has 2 atom stereocenters. The maximum absolute atomic E-state index is 12.6. The summed E-state index contributed by atoms with van der Waals surface area (Å²) < 4.78 is 25.1. The number of sulfonamides is 1. The maximum atomic E-state index is 12.6. The normalized spacial score (nSPS) is 25.1. The summed E-state index contributed by atoms with van der Waals surface area (Å²) in [5.41, 5.74) is 1.81. The lowest BCUT2D eigenvalue weighted by Gasteiger charge is -2.33. The molecule has 2 aliphatic rings. The van der Waals surface area contributed by atoms with Gasteiger partial charge in [0.2, 0.25) is 15.9 Å². The van der Waals surface area contributed by atoms with Gasteiger partial charge in [0.1, 0.15) is 11.8 Å². The van der Waals surface area contributed by atoms with Crippen LogP contribution < -0.4 is 5.32 Å². The van der Waals surface area contributed by atoms with E-state index < -0.39 is 16.1 Å². The number of carbonyl (C=O) groups is 1. The minimum Gasteiger partial charge on any atom is -0.508 e. The zero-order valence-corrected chi connectivity index (χ0v) is 14.0. The van der Waals surface area contributed by atoms with Crippen molar-refractivity contribution in [1.29, 1.82) is 0 Å². The molecule has 0 aromatic heterocycles. The monoisotopic (exact) mass is 338 g/mol. The van der Waals surface area contributed by atoms with Gasteiger partial charge in [0.15, 0.2) is 0 Å². The molecule has 126 valence electrons. The summed E-state index contributed by atoms with van der Waals surface area (Å²) in [5.74, 6) is 0.0194. The van der Waals surface area contributed by atoms with Gasteiger partial charge >= 0.3 is 0 Å². The minimum absolute atomic E-state index is 0.159. The number of benzene rings is 1. The minimum atomic E-state index is -3.39. The van der Waals surface area contributed by atoms with Gasteiger partial charge < -0.3 is 10.4 Å². The Balaban J connectivity index is 1.76. The average Bonchev–Trinajstić information content (AvgIpc) is 2.91. The summed E-state index contributed by atoms with van der Waals surface area (Å²) >= 11 is 0. The van der Waals surface area contributed by atoms with Crippen LogP contribution in [0.15, 0.2) is 18.2 Å². The molecule has 0 bridgehead atoms. The number of piperidine rings is 1. The Morgan fingerprint density at radius 1 is 1.30 bits per heavy atom. The molecule has 2 unspecified atom stereocenters. The summed E-state index contributed by atoms with van der Waals surface area (Å²) in [6, 6.07) is 4.54. The van der Waals surface area contributed by atoms with Crippen LogP contribution in [0.2, 0.25) is 0 Å². The molecule has 1 amide bonds. The van der Waals surface area contributed by atoms with Crippen LogP contribution in [0.1, 0.15) is 42.9 Å². The number of phenols is 1. The summed E-state index contributed by atoms with van der Waals surface area (Å²) in [4.78, 5) is 12.6. The Labute approximate surface area is 136 Å². The summed E-state index contributed by atoms with van der Waals surface area (Å²) in [7, 11) is -3.39. The molecule has 23 heavy (non-hydrogen) atoms. The Kier molecular flexibility index (Phi) is 4.33. The molecule has 1 heterocycles. The summed E-state index contributed by atoms with van der Waals surface area (Å²) in [6.45, 7) is 0.402. The van der Waals surface area contributed by atoms with E-state index in [0.717, 1.165) is 36.6 Å². The van der Waals surface area contributed by atoms with Crippen molar-refractivity contribution in [1.82, 2.24) is 9.62 Å². The fraction of sp³-hybridized carbons (Fsp3) is 0.562. The molecule has 3 rings (SSSR count). The van der Waals surface area contributed by atoms with Gasteiger partial charge in [-0.1, -0.05) is 18.6 Å². The van der Waals surface area contributed by atoms with E-state index in [0.29, 0.717) is 19.4 Å². The topological polar surface area (TPSA) is 86.7 Å². The van der Waals surface area contributed by atoms with E-state index in [1.807, 2.05) is 6.07 Å². The van der Waals surface area contributed by atoms with Gasteiger partial charge in [0.05, 0.1) is 12.3 Å². The second-order valence-electron chi connectivity index (χ2n) is 6.33. The smallest absolute Gasteiger partial charge is 0.238 e. The van der Waals surface area contributed by atoms with Crippen molar-refractivity contribution in [2.45, 2.75) is 44.2 Å². The molecule has 0 saturated carbocycles. The van der Waals surface area contributed by atoms with Gasteiger partial charge in [-0.15, -0.1) is 0 Å². The molecule has 1 aliphatic heterocycles. The summed E-state index contributed by atoms with van der Waals surface area (Å²) in [5, 5.41) is 12.9. The fourth-order valence-corrected chi connectivity index (χ4v) is 4.74. The number of phenolic OH excluding ortho intramolecular Hbond substituents is 1. The van der Waals surface area contributed by atoms with Gasteiger partial charge in [-0.2, -0.15) is 4.31 Å². The number of carbonyl (C=O) groups excluding carboxylic acids is 1. The van der Waals surface area contributed by atoms with Crippen molar-refractivity contribution in [2.24, 2.45) is 0 Å². The van der Waals surface area contributed by atoms with Crippen molar-refractivity contribution >= 4 is 15.9 Å². The van der Waals surface area contributed by atoms with Crippen LogP contribution in [-0.2, 0) is 21.2 Å². The lowest BCUT2D eigenvalue weighted by atomic mass is 10.0. The second-order valence-corrected chi connectivity index (χ2v) is 8.27. The van der Waals surface area contributed by atoms with Crippen LogP contribution in [0.4, 0.5) is 0 Å². The molecular formula is C16H22N2O4S. The van der Waals surface area contributed by atoms with Crippen molar-refractivity contribution in [3.05, 3.63) is 29.3 Å². The van der Waals surface area contributed by atoms with Crippen LogP contribution in [0.3, 0.4) is 0 Å². The van der Waals surface area contributed by atoms with E-state index in [2.05, 4.69) is 5.32 Å². The van der Waals surface area contributed by atoms with Gasteiger partial charge in [0.25, 0.3) is 0 Å². The first-order valence-corrected chi connectivity index (χ1v) is 9.80. The number of amides is 1. The first kappa shape index (κ1) is 16.3. The highest BCUT2D eigenvalue weighted by atomic mass is 32.2. The van der Waals surface area contributed by atoms with Gasteiger partial charge in [-0.25, -0.2) is 8.42 Å². The van der Waals surface area contributed by atoms with Crippen molar-refractivity contribution in [2.75, 3.05) is 12.8 Å². The highest BCUT2D eigenvalue weighted by molar-refractivity contribution is 7.88. The number of hydrogen-bond acceptors (Lipinski definition) is 4. The number of nitrogens with one attached hydrogen (secondary N) is 1. The quantitative estimate of drug-likeness (QED) is 0.870. The zero-order chi connectivity index (χ0) is 16.6. The van der Waals surface area contributed by atoms with Crippen molar-refractivity contribution in [3.63, 3.8) is 0 Å². The molecule has 2 N–H and O–H groups in total. The standard InChI is InChI=1S/C16H22N2O4S/c1-23(21,22)18-10-3-2-6-14(18)16(20)17-13-9-8-12-11(13)5-4-7-15(12)19/h4-5,7,13-14,19H,2-3,6,8-10H2,1H3,(H,17,20). The molecule has 1 aromatic carbocycles. The van der Waals surface area contributed by atoms with Crippen LogP contribution in [-0.4, -0.2) is 42.6 Å². The molecule has 1 saturated heterocycles. The Bertz CT molecular complexity index is 717. The first-order valence-electron chi connectivity index (χ1n) is 7.96. The third-order valence-electron chi connectivity index (χ3n) is 4.74. The van der Waals surface area contributed by atoms with Crippen LogP contribution in [0.25, 0.3) is 0 Å². The maximum Gasteiger partial charge on any atom is 0.238 e. The number of nitrogens with zero attached hydrogens (tertiary/aromatic N) is 1. The fourth-order valence-electron chi connectivity index (χ4n) is 3.62. The zero-order valence-electron chi connectivity index (χ0n) is 13.2. The molecule has 0 radical (unpaired) electrons. The third-order valence-corrected chi connectivity index (χ3v) is 6.03. The lowest BCUT2D eigenvalue weighted by Crippen LogP contribution is -2.51. The number of aromatic hydroxyl groups is 1. The molecular weight excluding hydrogens is 316 g/mol. The molecule has 1 aromatic rings. The van der Waals surface area contributed by atoms with Crippen LogP contribution in [0.5, 0.6) is 5.75 Å². The predicted molar refractivity (Wildman–Crippen MR) is 86.5 cm³/mol. The first-order chi connectivity index (χ1) is 10.9. The number of hydrogen-bond donors (Lipinski definition) is 2. The molecule has 1 fully saturated rings. The Morgan fingerprint density at radius 3 is 2.83 bits per heavy atom. The molecule has 1 aliphatic carbocycles. The van der Waals surface area contributed by atoms with Gasteiger partial charge in [-0.05, 0) is 42.9 Å². The SMILES string of the molecule is CS(=O)(=O)N1CCCCC1C(=O)NC1CCc2c(O)cccc21. The molecule has 0 spiro atoms. The van der Waals surface area contributed by atoms with E-state index in [9.17, 15) is 18.3 Å². The average molecular weight is 338 g/mol. The highest BCUT2D eigenvalue weighted by Gasteiger charge is 2.36. The predicted octanol–water partition coefficient (Wildman–Crippen LogP) is 1.31. The Morgan fingerprint density at radius 2 is 2.09 bits per heavy atom. The van der Waals surface area contributed by atoms with E-state index in [1.165, 1.54) is 4.31 Å². The lowest BCUT2D eigenvalue weighted by molar-refractivity contribution is -0.126. The Hall–Kier alpha value is -1.60. The van der Waals surface area contributed by atoms with Crippen molar-refractivity contribution in [3.8, 4) is 5.75 Å². The number of rotatable bonds is 3. The van der Waals surface area contributed by atoms with Crippen LogP contribution in [0, 0.1) is 0 Å². The molecule has 6 nitrogen and oxygen atoms in total. The summed E-state index contributed by atoms with van der Waals surface area (Å²) in [6.07, 6.45) is 4.79. The van der Waals surface area contributed by atoms with Gasteiger partial charge in [-0.3, -0.25) is 4.79 Å². The largest absolute Gasteiger partial charge is 0.508 e.